The molecule has 4 rings (SSSR count). The first-order valence-electron chi connectivity index (χ1n) is 11.5. The van der Waals surface area contributed by atoms with Gasteiger partial charge < -0.3 is 19.9 Å². The maximum Gasteiger partial charge on any atom is 0.318 e. The van der Waals surface area contributed by atoms with Gasteiger partial charge in [0, 0.05) is 28.0 Å². The highest BCUT2D eigenvalue weighted by atomic mass is 35.5. The summed E-state index contributed by atoms with van der Waals surface area (Å²) < 4.78 is 6.13. The summed E-state index contributed by atoms with van der Waals surface area (Å²) in [5.41, 5.74) is 1.74. The molecule has 1 aromatic carbocycles. The number of fused-ring (bicyclic) bond motifs is 1. The Morgan fingerprint density at radius 3 is 2.70 bits per heavy atom. The van der Waals surface area contributed by atoms with Crippen molar-refractivity contribution in [3.8, 4) is 5.75 Å². The van der Waals surface area contributed by atoms with Gasteiger partial charge in [-0.25, -0.2) is 4.79 Å². The highest BCUT2D eigenvalue weighted by Gasteiger charge is 2.38. The number of nitrogens with one attached hydrogen (secondary N) is 1. The zero-order valence-corrected chi connectivity index (χ0v) is 21.3. The minimum absolute atomic E-state index is 0.0382. The van der Waals surface area contributed by atoms with Crippen molar-refractivity contribution in [3.63, 3.8) is 0 Å². The van der Waals surface area contributed by atoms with Gasteiger partial charge in [0.15, 0.2) is 0 Å². The zero-order chi connectivity index (χ0) is 23.8. The number of nitrogens with zero attached hydrogens (tertiary/aromatic N) is 2. The molecule has 2 aliphatic rings. The molecule has 0 bridgehead atoms. The molecule has 1 aliphatic heterocycles. The molecule has 1 aliphatic carbocycles. The standard InChI is InChI=1S/C25H32ClN3O3S/c1-16-13-18(7-8-20(16)26)32-15-21-19-10-12-33-22(19)9-11-28(21)23(30)14-29(17-5-6-17)24(31)27-25(2,3)4/h7-8,10,12-13,17,21H,5-6,9,11,14-15H2,1-4H3,(H,27,31)/t21-/m1/s1. The van der Waals surface area contributed by atoms with E-state index in [2.05, 4.69) is 16.8 Å². The van der Waals surface area contributed by atoms with E-state index in [4.69, 9.17) is 16.3 Å². The summed E-state index contributed by atoms with van der Waals surface area (Å²) >= 11 is 7.87. The molecule has 1 atom stereocenters. The smallest absolute Gasteiger partial charge is 0.318 e. The molecule has 6 nitrogen and oxygen atoms in total. The molecule has 2 heterocycles. The van der Waals surface area contributed by atoms with E-state index < -0.39 is 0 Å². The van der Waals surface area contributed by atoms with Crippen molar-refractivity contribution in [2.75, 3.05) is 19.7 Å². The lowest BCUT2D eigenvalue weighted by Gasteiger charge is -2.37. The third kappa shape index (κ3) is 5.82. The number of urea groups is 1. The molecule has 0 unspecified atom stereocenters. The Hall–Kier alpha value is -2.25. The second-order valence-corrected chi connectivity index (χ2v) is 11.3. The van der Waals surface area contributed by atoms with Gasteiger partial charge >= 0.3 is 6.03 Å². The predicted molar refractivity (Wildman–Crippen MR) is 132 cm³/mol. The van der Waals surface area contributed by atoms with E-state index in [9.17, 15) is 9.59 Å². The van der Waals surface area contributed by atoms with Crippen LogP contribution in [0.3, 0.4) is 0 Å². The number of aryl methyl sites for hydroxylation is 1. The molecule has 3 amide bonds. The third-order valence-electron chi connectivity index (χ3n) is 5.99. The van der Waals surface area contributed by atoms with Crippen LogP contribution in [-0.2, 0) is 11.2 Å². The van der Waals surface area contributed by atoms with Gasteiger partial charge in [0.25, 0.3) is 0 Å². The summed E-state index contributed by atoms with van der Waals surface area (Å²) in [7, 11) is 0. The van der Waals surface area contributed by atoms with E-state index >= 15 is 0 Å². The first kappa shape index (κ1) is 23.9. The maximum absolute atomic E-state index is 13.5. The molecule has 1 aromatic heterocycles. The Labute approximate surface area is 204 Å². The van der Waals surface area contributed by atoms with Gasteiger partial charge in [-0.3, -0.25) is 4.79 Å². The van der Waals surface area contributed by atoms with Gasteiger partial charge in [0.05, 0.1) is 6.04 Å². The van der Waals surface area contributed by atoms with Crippen molar-refractivity contribution in [3.05, 3.63) is 50.7 Å². The average molecular weight is 490 g/mol. The molecular weight excluding hydrogens is 458 g/mol. The van der Waals surface area contributed by atoms with Gasteiger partial charge in [-0.1, -0.05) is 11.6 Å². The van der Waals surface area contributed by atoms with Gasteiger partial charge in [-0.05, 0) is 87.7 Å². The minimum Gasteiger partial charge on any atom is -0.491 e. The zero-order valence-electron chi connectivity index (χ0n) is 19.7. The van der Waals surface area contributed by atoms with Crippen molar-refractivity contribution in [2.24, 2.45) is 0 Å². The van der Waals surface area contributed by atoms with Crippen LogP contribution in [0.1, 0.15) is 55.7 Å². The lowest BCUT2D eigenvalue weighted by Crippen LogP contribution is -2.53. The number of rotatable bonds is 6. The van der Waals surface area contributed by atoms with E-state index in [1.807, 2.05) is 50.8 Å². The van der Waals surface area contributed by atoms with Gasteiger partial charge in [0.1, 0.15) is 18.9 Å². The quantitative estimate of drug-likeness (QED) is 0.607. The van der Waals surface area contributed by atoms with Crippen LogP contribution in [0.2, 0.25) is 5.02 Å². The molecule has 8 heteroatoms. The molecule has 1 fully saturated rings. The van der Waals surface area contributed by atoms with Crippen molar-refractivity contribution >= 4 is 34.9 Å². The summed E-state index contributed by atoms with van der Waals surface area (Å²) in [4.78, 5) is 31.3. The Kier molecular flexibility index (Phi) is 6.91. The lowest BCUT2D eigenvalue weighted by atomic mass is 10.0. The number of amides is 3. The maximum atomic E-state index is 13.5. The highest BCUT2D eigenvalue weighted by Crippen LogP contribution is 2.35. The number of benzene rings is 1. The molecule has 0 spiro atoms. The molecule has 178 valence electrons. The van der Waals surface area contributed by atoms with Crippen LogP contribution in [0.25, 0.3) is 0 Å². The summed E-state index contributed by atoms with van der Waals surface area (Å²) in [6, 6.07) is 7.47. The fourth-order valence-corrected chi connectivity index (χ4v) is 5.18. The van der Waals surface area contributed by atoms with Crippen LogP contribution in [0, 0.1) is 6.92 Å². The summed E-state index contributed by atoms with van der Waals surface area (Å²) in [6.45, 7) is 8.86. The first-order chi connectivity index (χ1) is 15.6. The molecular formula is C25H32ClN3O3S. The topological polar surface area (TPSA) is 61.9 Å². The van der Waals surface area contributed by atoms with Crippen LogP contribution in [0.4, 0.5) is 4.79 Å². The number of hydrogen-bond acceptors (Lipinski definition) is 4. The van der Waals surface area contributed by atoms with E-state index in [0.717, 1.165) is 36.1 Å². The monoisotopic (exact) mass is 489 g/mol. The number of halogens is 1. The van der Waals surface area contributed by atoms with E-state index in [1.54, 1.807) is 16.2 Å². The van der Waals surface area contributed by atoms with Crippen LogP contribution in [-0.4, -0.2) is 53.0 Å². The molecule has 1 N–H and O–H groups in total. The number of thiophene rings is 1. The van der Waals surface area contributed by atoms with Crippen molar-refractivity contribution in [1.29, 1.82) is 0 Å². The highest BCUT2D eigenvalue weighted by molar-refractivity contribution is 7.10. The van der Waals surface area contributed by atoms with Crippen molar-refractivity contribution < 1.29 is 14.3 Å². The van der Waals surface area contributed by atoms with Gasteiger partial charge in [-0.2, -0.15) is 0 Å². The number of ether oxygens (including phenoxy) is 1. The van der Waals surface area contributed by atoms with Crippen LogP contribution in [0.15, 0.2) is 29.6 Å². The van der Waals surface area contributed by atoms with Crippen molar-refractivity contribution in [1.82, 2.24) is 15.1 Å². The van der Waals surface area contributed by atoms with Crippen LogP contribution >= 0.6 is 22.9 Å². The third-order valence-corrected chi connectivity index (χ3v) is 7.41. The Balaban J connectivity index is 1.50. The molecule has 33 heavy (non-hydrogen) atoms. The van der Waals surface area contributed by atoms with Gasteiger partial charge in [0.2, 0.25) is 5.91 Å². The van der Waals surface area contributed by atoms with Crippen LogP contribution < -0.4 is 10.1 Å². The largest absolute Gasteiger partial charge is 0.491 e. The number of carbonyl (C=O) groups is 2. The first-order valence-corrected chi connectivity index (χ1v) is 12.7. The second-order valence-electron chi connectivity index (χ2n) is 9.91. The predicted octanol–water partition coefficient (Wildman–Crippen LogP) is 5.19. The lowest BCUT2D eigenvalue weighted by molar-refractivity contribution is -0.135. The van der Waals surface area contributed by atoms with E-state index in [0.29, 0.717) is 18.2 Å². The Morgan fingerprint density at radius 1 is 1.27 bits per heavy atom. The fraction of sp³-hybridized carbons (Fsp3) is 0.520. The number of hydrogen-bond donors (Lipinski definition) is 1. The molecule has 0 radical (unpaired) electrons. The number of carbonyl (C=O) groups excluding carboxylic acids is 2. The molecule has 1 saturated carbocycles. The van der Waals surface area contributed by atoms with E-state index in [-0.39, 0.29) is 36.1 Å². The summed E-state index contributed by atoms with van der Waals surface area (Å²) in [6.07, 6.45) is 2.72. The summed E-state index contributed by atoms with van der Waals surface area (Å²) in [5, 5.41) is 5.78. The normalized spacial score (nSPS) is 18.0. The summed E-state index contributed by atoms with van der Waals surface area (Å²) in [5.74, 6) is 0.694. The van der Waals surface area contributed by atoms with Crippen molar-refractivity contribution in [2.45, 2.75) is 64.6 Å². The van der Waals surface area contributed by atoms with Gasteiger partial charge in [-0.15, -0.1) is 11.3 Å². The molecule has 2 aromatic rings. The Morgan fingerprint density at radius 2 is 2.03 bits per heavy atom. The average Bonchev–Trinajstić information content (AvgIpc) is 3.46. The van der Waals surface area contributed by atoms with E-state index in [1.165, 1.54) is 4.88 Å². The fourth-order valence-electron chi connectivity index (χ4n) is 4.14. The Bertz CT molecular complexity index is 1030. The SMILES string of the molecule is Cc1cc(OC[C@@H]2c3ccsc3CCN2C(=O)CN(C(=O)NC(C)(C)C)C2CC2)ccc1Cl. The molecule has 0 saturated heterocycles. The minimum atomic E-state index is -0.350. The second kappa shape index (κ2) is 9.55. The van der Waals surface area contributed by atoms with Crippen LogP contribution in [0.5, 0.6) is 5.75 Å².